The summed E-state index contributed by atoms with van der Waals surface area (Å²) in [6.07, 6.45) is 2.33. The predicted molar refractivity (Wildman–Crippen MR) is 90.9 cm³/mol. The molecule has 0 aromatic heterocycles. The number of urea groups is 1. The molecule has 1 unspecified atom stereocenters. The zero-order chi connectivity index (χ0) is 16.9. The van der Waals surface area contributed by atoms with Crippen molar-refractivity contribution in [2.24, 2.45) is 5.41 Å². The van der Waals surface area contributed by atoms with Crippen LogP contribution in [-0.4, -0.2) is 30.9 Å². The van der Waals surface area contributed by atoms with Gasteiger partial charge in [0.25, 0.3) is 0 Å². The highest BCUT2D eigenvalue weighted by molar-refractivity contribution is 6.30. The van der Waals surface area contributed by atoms with Crippen LogP contribution in [0.4, 0.5) is 4.79 Å². The summed E-state index contributed by atoms with van der Waals surface area (Å²) in [5.74, 6) is 0.737. The average Bonchev–Trinajstić information content (AvgIpc) is 2.67. The van der Waals surface area contributed by atoms with Gasteiger partial charge in [-0.15, -0.1) is 0 Å². The summed E-state index contributed by atoms with van der Waals surface area (Å²) < 4.78 is 5.70. The van der Waals surface area contributed by atoms with Crippen LogP contribution in [0.1, 0.15) is 44.7 Å². The zero-order valence-electron chi connectivity index (χ0n) is 13.7. The van der Waals surface area contributed by atoms with Crippen molar-refractivity contribution in [1.82, 2.24) is 10.6 Å². The fourth-order valence-electron chi connectivity index (χ4n) is 2.62. The minimum Gasteiger partial charge on any atom is -0.493 e. The summed E-state index contributed by atoms with van der Waals surface area (Å²) in [5.41, 5.74) is 0.820. The smallest absolute Gasteiger partial charge is 0.315 e. The van der Waals surface area contributed by atoms with Gasteiger partial charge in [0.05, 0.1) is 12.6 Å². The number of aliphatic hydroxyl groups is 1. The number of aliphatic hydroxyl groups excluding tert-OH is 1. The Morgan fingerprint density at radius 1 is 1.48 bits per heavy atom. The standard InChI is InChI=1S/C17H25ClN2O3/c1-17(2,7-8-21)11-19-16(22)20-14-4-3-9-23-15-10-12(18)5-6-13(14)15/h5-6,10,14,21H,3-4,7-9,11H2,1-2H3,(H2,19,20,22). The van der Waals surface area contributed by atoms with Crippen molar-refractivity contribution in [3.8, 4) is 5.75 Å². The van der Waals surface area contributed by atoms with E-state index in [1.807, 2.05) is 26.0 Å². The number of rotatable bonds is 5. The van der Waals surface area contributed by atoms with Crippen LogP contribution >= 0.6 is 11.6 Å². The average molecular weight is 341 g/mol. The number of amides is 2. The highest BCUT2D eigenvalue weighted by Crippen LogP contribution is 2.33. The summed E-state index contributed by atoms with van der Waals surface area (Å²) in [7, 11) is 0. The first-order chi connectivity index (χ1) is 10.9. The Hall–Kier alpha value is -1.46. The summed E-state index contributed by atoms with van der Waals surface area (Å²) in [4.78, 5) is 12.2. The van der Waals surface area contributed by atoms with Crippen LogP contribution in [0.15, 0.2) is 18.2 Å². The zero-order valence-corrected chi connectivity index (χ0v) is 14.4. The number of nitrogens with one attached hydrogen (secondary N) is 2. The minimum absolute atomic E-state index is 0.0919. The van der Waals surface area contributed by atoms with Crippen molar-refractivity contribution in [1.29, 1.82) is 0 Å². The largest absolute Gasteiger partial charge is 0.493 e. The number of carbonyl (C=O) groups is 1. The van der Waals surface area contributed by atoms with Gasteiger partial charge < -0.3 is 20.5 Å². The Bertz CT molecular complexity index is 549. The van der Waals surface area contributed by atoms with Crippen molar-refractivity contribution in [2.45, 2.75) is 39.2 Å². The van der Waals surface area contributed by atoms with Gasteiger partial charge in [0.1, 0.15) is 5.75 Å². The molecule has 0 aliphatic carbocycles. The van der Waals surface area contributed by atoms with E-state index < -0.39 is 0 Å². The predicted octanol–water partition coefficient (Wildman–Crippen LogP) is 3.26. The van der Waals surface area contributed by atoms with Crippen LogP contribution in [0.2, 0.25) is 5.02 Å². The fraction of sp³-hybridized carbons (Fsp3) is 0.588. The third kappa shape index (κ3) is 5.29. The lowest BCUT2D eigenvalue weighted by atomic mass is 9.90. The second-order valence-corrected chi connectivity index (χ2v) is 7.13. The molecule has 1 aliphatic heterocycles. The normalized spacial score (nSPS) is 17.7. The number of benzene rings is 1. The molecular formula is C17H25ClN2O3. The molecule has 2 rings (SSSR count). The molecule has 3 N–H and O–H groups in total. The molecule has 1 heterocycles. The van der Waals surface area contributed by atoms with Crippen molar-refractivity contribution in [2.75, 3.05) is 19.8 Å². The second-order valence-electron chi connectivity index (χ2n) is 6.69. The molecule has 0 radical (unpaired) electrons. The lowest BCUT2D eigenvalue weighted by molar-refractivity contribution is 0.200. The summed E-state index contributed by atoms with van der Waals surface area (Å²) in [6, 6.07) is 5.21. The van der Waals surface area contributed by atoms with E-state index >= 15 is 0 Å². The monoisotopic (exact) mass is 340 g/mol. The molecule has 0 saturated heterocycles. The van der Waals surface area contributed by atoms with Gasteiger partial charge in [-0.2, -0.15) is 0 Å². The van der Waals surface area contributed by atoms with E-state index in [0.29, 0.717) is 24.6 Å². The number of hydrogen-bond donors (Lipinski definition) is 3. The molecule has 0 saturated carbocycles. The number of ether oxygens (including phenoxy) is 1. The van der Waals surface area contributed by atoms with Gasteiger partial charge in [0.2, 0.25) is 0 Å². The molecule has 5 nitrogen and oxygen atoms in total. The molecule has 1 atom stereocenters. The molecule has 1 aromatic carbocycles. The number of carbonyl (C=O) groups excluding carboxylic acids is 1. The molecule has 23 heavy (non-hydrogen) atoms. The van der Waals surface area contributed by atoms with Crippen LogP contribution in [0.3, 0.4) is 0 Å². The Morgan fingerprint density at radius 3 is 3.00 bits per heavy atom. The van der Waals surface area contributed by atoms with E-state index in [-0.39, 0.29) is 24.1 Å². The van der Waals surface area contributed by atoms with Crippen LogP contribution in [-0.2, 0) is 0 Å². The Kier molecular flexibility index (Phi) is 6.13. The van der Waals surface area contributed by atoms with E-state index in [1.54, 1.807) is 6.07 Å². The van der Waals surface area contributed by atoms with Crippen LogP contribution in [0, 0.1) is 5.41 Å². The maximum atomic E-state index is 12.2. The second kappa shape index (κ2) is 7.88. The molecule has 0 fully saturated rings. The van der Waals surface area contributed by atoms with Crippen molar-refractivity contribution in [3.05, 3.63) is 28.8 Å². The van der Waals surface area contributed by atoms with Crippen molar-refractivity contribution < 1.29 is 14.6 Å². The molecule has 1 aromatic rings. The number of halogens is 1. The first-order valence-electron chi connectivity index (χ1n) is 7.99. The lowest BCUT2D eigenvalue weighted by Gasteiger charge is -2.25. The topological polar surface area (TPSA) is 70.6 Å². The van der Waals surface area contributed by atoms with Gasteiger partial charge in [0.15, 0.2) is 0 Å². The third-order valence-corrected chi connectivity index (χ3v) is 4.30. The van der Waals surface area contributed by atoms with E-state index in [1.165, 1.54) is 0 Å². The maximum absolute atomic E-state index is 12.2. The molecule has 0 spiro atoms. The highest BCUT2D eigenvalue weighted by atomic mass is 35.5. The van der Waals surface area contributed by atoms with E-state index in [0.717, 1.165) is 24.2 Å². The molecule has 2 amide bonds. The molecule has 6 heteroatoms. The SMILES string of the molecule is CC(C)(CCO)CNC(=O)NC1CCCOc2cc(Cl)ccc21. The van der Waals surface area contributed by atoms with Gasteiger partial charge in [0, 0.05) is 23.7 Å². The van der Waals surface area contributed by atoms with Gasteiger partial charge >= 0.3 is 6.03 Å². The van der Waals surface area contributed by atoms with Crippen molar-refractivity contribution in [3.63, 3.8) is 0 Å². The van der Waals surface area contributed by atoms with Crippen LogP contribution < -0.4 is 15.4 Å². The van der Waals surface area contributed by atoms with E-state index in [4.69, 9.17) is 21.4 Å². The number of hydrogen-bond acceptors (Lipinski definition) is 3. The molecule has 128 valence electrons. The first kappa shape index (κ1) is 17.9. The fourth-order valence-corrected chi connectivity index (χ4v) is 2.78. The molecule has 0 bridgehead atoms. The van der Waals surface area contributed by atoms with Crippen molar-refractivity contribution >= 4 is 17.6 Å². The first-order valence-corrected chi connectivity index (χ1v) is 8.36. The summed E-state index contributed by atoms with van der Waals surface area (Å²) in [5, 5.41) is 15.6. The lowest BCUT2D eigenvalue weighted by Crippen LogP contribution is -2.42. The van der Waals surface area contributed by atoms with E-state index in [9.17, 15) is 4.79 Å². The van der Waals surface area contributed by atoms with E-state index in [2.05, 4.69) is 10.6 Å². The van der Waals surface area contributed by atoms with Gasteiger partial charge in [-0.1, -0.05) is 31.5 Å². The van der Waals surface area contributed by atoms with Crippen LogP contribution in [0.25, 0.3) is 0 Å². The Balaban J connectivity index is 1.98. The quantitative estimate of drug-likeness (QED) is 0.770. The third-order valence-electron chi connectivity index (χ3n) is 4.07. The Morgan fingerprint density at radius 2 is 2.26 bits per heavy atom. The summed E-state index contributed by atoms with van der Waals surface area (Å²) in [6.45, 7) is 5.28. The molecule has 1 aliphatic rings. The highest BCUT2D eigenvalue weighted by Gasteiger charge is 2.23. The maximum Gasteiger partial charge on any atom is 0.315 e. The van der Waals surface area contributed by atoms with Gasteiger partial charge in [-0.05, 0) is 36.8 Å². The molecular weight excluding hydrogens is 316 g/mol. The minimum atomic E-state index is -0.205. The van der Waals surface area contributed by atoms with Gasteiger partial charge in [-0.25, -0.2) is 4.79 Å². The summed E-state index contributed by atoms with van der Waals surface area (Å²) >= 11 is 6.01. The van der Waals surface area contributed by atoms with Crippen LogP contribution in [0.5, 0.6) is 5.75 Å². The number of fused-ring (bicyclic) bond motifs is 1. The van der Waals surface area contributed by atoms with Gasteiger partial charge in [-0.3, -0.25) is 0 Å². The Labute approximate surface area is 142 Å².